The summed E-state index contributed by atoms with van der Waals surface area (Å²) in [4.78, 5) is 0. The van der Waals surface area contributed by atoms with Crippen molar-refractivity contribution in [1.29, 1.82) is 0 Å². The van der Waals surface area contributed by atoms with Crippen LogP contribution in [0.3, 0.4) is 0 Å². The second-order valence-corrected chi connectivity index (χ2v) is 6.54. The standard InChI is InChI=1S/C15H26O/c1-9(2)7-13(16)15-12-6-5-11(8-12)14(15)10(3)4/h5-6,9-16H,7-8H2,1-4H3/t11-,12+,13+,14+,15?/m1/s1. The van der Waals surface area contributed by atoms with Crippen molar-refractivity contribution in [2.75, 3.05) is 0 Å². The summed E-state index contributed by atoms with van der Waals surface area (Å²) in [5.74, 6) is 3.95. The SMILES string of the molecule is CC(C)C[C@H](O)C1[C@@H](C(C)C)[C@@H]2C=C[C@H]1C2. The molecule has 0 aromatic carbocycles. The van der Waals surface area contributed by atoms with Gasteiger partial charge in [0.25, 0.3) is 0 Å². The predicted octanol–water partition coefficient (Wildman–Crippen LogP) is 3.49. The number of allylic oxidation sites excluding steroid dienone is 2. The van der Waals surface area contributed by atoms with Gasteiger partial charge in [0.05, 0.1) is 6.10 Å². The Kier molecular flexibility index (Phi) is 3.44. The predicted molar refractivity (Wildman–Crippen MR) is 68.0 cm³/mol. The number of aliphatic hydroxyl groups excluding tert-OH is 1. The van der Waals surface area contributed by atoms with Gasteiger partial charge in [0.2, 0.25) is 0 Å². The van der Waals surface area contributed by atoms with Crippen molar-refractivity contribution in [3.63, 3.8) is 0 Å². The molecule has 0 aromatic heterocycles. The number of rotatable bonds is 4. The Hall–Kier alpha value is -0.300. The van der Waals surface area contributed by atoms with E-state index in [1.54, 1.807) is 0 Å². The van der Waals surface area contributed by atoms with Gasteiger partial charge >= 0.3 is 0 Å². The van der Waals surface area contributed by atoms with Crippen LogP contribution in [-0.2, 0) is 0 Å². The zero-order valence-corrected chi connectivity index (χ0v) is 11.1. The Morgan fingerprint density at radius 3 is 2.12 bits per heavy atom. The van der Waals surface area contributed by atoms with Crippen LogP contribution < -0.4 is 0 Å². The lowest BCUT2D eigenvalue weighted by molar-refractivity contribution is 0.0340. The third-order valence-electron chi connectivity index (χ3n) is 4.51. The number of aliphatic hydroxyl groups is 1. The number of hydrogen-bond donors (Lipinski definition) is 1. The van der Waals surface area contributed by atoms with Crippen molar-refractivity contribution in [3.8, 4) is 0 Å². The minimum atomic E-state index is -0.0904. The van der Waals surface area contributed by atoms with Crippen LogP contribution >= 0.6 is 0 Å². The second-order valence-electron chi connectivity index (χ2n) is 6.54. The van der Waals surface area contributed by atoms with Gasteiger partial charge in [-0.1, -0.05) is 39.8 Å². The third-order valence-corrected chi connectivity index (χ3v) is 4.51. The molecule has 0 radical (unpaired) electrons. The highest BCUT2D eigenvalue weighted by atomic mass is 16.3. The summed E-state index contributed by atoms with van der Waals surface area (Å²) in [6.45, 7) is 9.04. The molecule has 1 heteroatoms. The van der Waals surface area contributed by atoms with Gasteiger partial charge in [0.1, 0.15) is 0 Å². The van der Waals surface area contributed by atoms with Crippen LogP contribution in [0.2, 0.25) is 0 Å². The van der Waals surface area contributed by atoms with Crippen molar-refractivity contribution >= 4 is 0 Å². The van der Waals surface area contributed by atoms with Crippen LogP contribution in [0.4, 0.5) is 0 Å². The van der Waals surface area contributed by atoms with Gasteiger partial charge in [-0.25, -0.2) is 0 Å². The smallest absolute Gasteiger partial charge is 0.0579 e. The molecule has 1 fully saturated rings. The highest BCUT2D eigenvalue weighted by Crippen LogP contribution is 2.52. The highest BCUT2D eigenvalue weighted by Gasteiger charge is 2.48. The average molecular weight is 222 g/mol. The zero-order chi connectivity index (χ0) is 11.9. The van der Waals surface area contributed by atoms with E-state index in [-0.39, 0.29) is 6.10 Å². The molecule has 1 saturated carbocycles. The van der Waals surface area contributed by atoms with Crippen molar-refractivity contribution in [2.45, 2.75) is 46.6 Å². The Morgan fingerprint density at radius 2 is 1.62 bits per heavy atom. The molecule has 0 spiro atoms. The molecule has 5 atom stereocenters. The third kappa shape index (κ3) is 2.07. The molecular formula is C15H26O. The molecule has 0 amide bonds. The van der Waals surface area contributed by atoms with Crippen molar-refractivity contribution < 1.29 is 5.11 Å². The van der Waals surface area contributed by atoms with Crippen LogP contribution in [0.15, 0.2) is 12.2 Å². The summed E-state index contributed by atoms with van der Waals surface area (Å²) >= 11 is 0. The fourth-order valence-corrected chi connectivity index (χ4v) is 4.02. The van der Waals surface area contributed by atoms with Crippen LogP contribution in [0, 0.1) is 35.5 Å². The van der Waals surface area contributed by atoms with Gasteiger partial charge in [-0.3, -0.25) is 0 Å². The molecule has 0 aromatic rings. The second kappa shape index (κ2) is 4.52. The lowest BCUT2D eigenvalue weighted by atomic mass is 9.72. The van der Waals surface area contributed by atoms with E-state index in [1.165, 1.54) is 6.42 Å². The molecule has 2 aliphatic carbocycles. The fourth-order valence-electron chi connectivity index (χ4n) is 4.02. The van der Waals surface area contributed by atoms with Crippen LogP contribution in [-0.4, -0.2) is 11.2 Å². The first-order valence-corrected chi connectivity index (χ1v) is 6.87. The van der Waals surface area contributed by atoms with Crippen LogP contribution in [0.1, 0.15) is 40.5 Å². The molecule has 1 unspecified atom stereocenters. The lowest BCUT2D eigenvalue weighted by Crippen LogP contribution is -2.34. The maximum absolute atomic E-state index is 10.4. The molecule has 0 heterocycles. The van der Waals surface area contributed by atoms with Gasteiger partial charge in [-0.05, 0) is 48.3 Å². The van der Waals surface area contributed by atoms with Gasteiger partial charge in [0.15, 0.2) is 0 Å². The van der Waals surface area contributed by atoms with Crippen LogP contribution in [0.5, 0.6) is 0 Å². The topological polar surface area (TPSA) is 20.2 Å². The van der Waals surface area contributed by atoms with E-state index in [9.17, 15) is 5.11 Å². The van der Waals surface area contributed by atoms with E-state index in [0.29, 0.717) is 29.6 Å². The Labute approximate surface area is 99.9 Å². The van der Waals surface area contributed by atoms with E-state index in [1.807, 2.05) is 0 Å². The Bertz CT molecular complexity index is 267. The molecular weight excluding hydrogens is 196 g/mol. The van der Waals surface area contributed by atoms with Crippen LogP contribution in [0.25, 0.3) is 0 Å². The maximum atomic E-state index is 10.4. The van der Waals surface area contributed by atoms with E-state index in [2.05, 4.69) is 39.8 Å². The summed E-state index contributed by atoms with van der Waals surface area (Å²) < 4.78 is 0. The largest absolute Gasteiger partial charge is 0.393 e. The van der Waals surface area contributed by atoms with E-state index < -0.39 is 0 Å². The minimum absolute atomic E-state index is 0.0904. The molecule has 92 valence electrons. The average Bonchev–Trinajstić information content (AvgIpc) is 2.74. The normalized spacial score (nSPS) is 38.9. The number of fused-ring (bicyclic) bond motifs is 2. The van der Waals surface area contributed by atoms with Gasteiger partial charge in [0, 0.05) is 0 Å². The van der Waals surface area contributed by atoms with Crippen molar-refractivity contribution in [2.24, 2.45) is 35.5 Å². The summed E-state index contributed by atoms with van der Waals surface area (Å²) in [6, 6.07) is 0. The van der Waals surface area contributed by atoms with Gasteiger partial charge in [-0.2, -0.15) is 0 Å². The molecule has 1 N–H and O–H groups in total. The van der Waals surface area contributed by atoms with E-state index in [0.717, 1.165) is 12.3 Å². The molecule has 0 aliphatic heterocycles. The maximum Gasteiger partial charge on any atom is 0.0579 e. The van der Waals surface area contributed by atoms with Gasteiger partial charge < -0.3 is 5.11 Å². The van der Waals surface area contributed by atoms with E-state index >= 15 is 0 Å². The summed E-state index contributed by atoms with van der Waals surface area (Å²) in [5.41, 5.74) is 0. The van der Waals surface area contributed by atoms with Gasteiger partial charge in [-0.15, -0.1) is 0 Å². The van der Waals surface area contributed by atoms with E-state index in [4.69, 9.17) is 0 Å². The van der Waals surface area contributed by atoms with Crippen molar-refractivity contribution in [1.82, 2.24) is 0 Å². The quantitative estimate of drug-likeness (QED) is 0.722. The lowest BCUT2D eigenvalue weighted by Gasteiger charge is -2.35. The molecule has 2 bridgehead atoms. The number of hydrogen-bond acceptors (Lipinski definition) is 1. The first-order chi connectivity index (χ1) is 7.50. The Balaban J connectivity index is 2.10. The molecule has 1 nitrogen and oxygen atoms in total. The first-order valence-electron chi connectivity index (χ1n) is 6.87. The zero-order valence-electron chi connectivity index (χ0n) is 11.1. The molecule has 0 saturated heterocycles. The first kappa shape index (κ1) is 12.2. The molecule has 2 aliphatic rings. The summed E-state index contributed by atoms with van der Waals surface area (Å²) in [6.07, 6.45) is 6.92. The molecule has 16 heavy (non-hydrogen) atoms. The Morgan fingerprint density at radius 1 is 1.06 bits per heavy atom. The highest BCUT2D eigenvalue weighted by molar-refractivity contribution is 5.15. The molecule has 2 rings (SSSR count). The summed E-state index contributed by atoms with van der Waals surface area (Å²) in [7, 11) is 0. The monoisotopic (exact) mass is 222 g/mol. The van der Waals surface area contributed by atoms with Crippen molar-refractivity contribution in [3.05, 3.63) is 12.2 Å². The summed E-state index contributed by atoms with van der Waals surface area (Å²) in [5, 5.41) is 10.4. The minimum Gasteiger partial charge on any atom is -0.393 e. The fraction of sp³-hybridized carbons (Fsp3) is 0.867.